The maximum atomic E-state index is 12.2. The second-order valence-corrected chi connectivity index (χ2v) is 8.43. The minimum atomic E-state index is -3.84. The van der Waals surface area contributed by atoms with E-state index in [1.54, 1.807) is 6.07 Å². The third-order valence-electron chi connectivity index (χ3n) is 4.64. The highest BCUT2D eigenvalue weighted by atomic mass is 32.2. The number of aryl methyl sites for hydroxylation is 4. The number of Topliss-reactive ketones (excluding diaryl/α,β-unsaturated/α-hetero) is 1. The summed E-state index contributed by atoms with van der Waals surface area (Å²) in [5.74, 6) is -0.761. The lowest BCUT2D eigenvalue weighted by atomic mass is 10.0. The molecule has 28 heavy (non-hydrogen) atoms. The van der Waals surface area contributed by atoms with Crippen LogP contribution in [0, 0.1) is 13.8 Å². The van der Waals surface area contributed by atoms with E-state index in [0.717, 1.165) is 19.3 Å². The summed E-state index contributed by atoms with van der Waals surface area (Å²) in [6.45, 7) is 2.49. The molecule has 1 N–H and O–H groups in total. The Kier molecular flexibility index (Phi) is 5.95. The van der Waals surface area contributed by atoms with Gasteiger partial charge in [0.2, 0.25) is 10.0 Å². The third-order valence-corrected chi connectivity index (χ3v) is 6.35. The number of sulfonamides is 1. The van der Waals surface area contributed by atoms with Crippen LogP contribution in [-0.4, -0.2) is 38.5 Å². The average molecular weight is 406 g/mol. The van der Waals surface area contributed by atoms with Gasteiger partial charge >= 0.3 is 5.97 Å². The number of benzene rings is 1. The van der Waals surface area contributed by atoms with E-state index in [1.807, 2.05) is 12.1 Å². The predicted octanol–water partition coefficient (Wildman–Crippen LogP) is 1.87. The molecule has 0 radical (unpaired) electrons. The zero-order chi connectivity index (χ0) is 20.3. The number of esters is 1. The van der Waals surface area contributed by atoms with E-state index in [0.29, 0.717) is 5.56 Å². The summed E-state index contributed by atoms with van der Waals surface area (Å²) in [4.78, 5) is 24.0. The average Bonchev–Trinajstić information content (AvgIpc) is 3.25. The molecule has 0 atom stereocenters. The smallest absolute Gasteiger partial charge is 0.307 e. The highest BCUT2D eigenvalue weighted by Crippen LogP contribution is 2.23. The SMILES string of the molecule is Cc1noc(C)c1S(=O)(=O)NCCC(=O)OCC(=O)c1ccc2c(c1)CCC2. The molecule has 0 amide bonds. The summed E-state index contributed by atoms with van der Waals surface area (Å²) < 4.78 is 36.6. The van der Waals surface area contributed by atoms with Gasteiger partial charge in [0, 0.05) is 12.1 Å². The van der Waals surface area contributed by atoms with E-state index in [2.05, 4.69) is 9.88 Å². The summed E-state index contributed by atoms with van der Waals surface area (Å²) in [7, 11) is -3.84. The van der Waals surface area contributed by atoms with Crippen LogP contribution in [0.1, 0.15) is 45.8 Å². The Balaban J connectivity index is 1.46. The number of ether oxygens (including phenoxy) is 1. The second kappa shape index (κ2) is 8.24. The van der Waals surface area contributed by atoms with Gasteiger partial charge in [0.1, 0.15) is 10.6 Å². The molecule has 0 aliphatic heterocycles. The quantitative estimate of drug-likeness (QED) is 0.525. The van der Waals surface area contributed by atoms with Crippen molar-refractivity contribution in [1.82, 2.24) is 9.88 Å². The summed E-state index contributed by atoms with van der Waals surface area (Å²) in [5, 5.41) is 3.60. The van der Waals surface area contributed by atoms with Crippen LogP contribution in [-0.2, 0) is 32.4 Å². The van der Waals surface area contributed by atoms with Gasteiger partial charge in [-0.3, -0.25) is 9.59 Å². The minimum Gasteiger partial charge on any atom is -0.457 e. The molecule has 1 aromatic heterocycles. The van der Waals surface area contributed by atoms with Crippen molar-refractivity contribution >= 4 is 21.8 Å². The first-order chi connectivity index (χ1) is 13.3. The number of hydrogen-bond acceptors (Lipinski definition) is 7. The number of rotatable bonds is 8. The topological polar surface area (TPSA) is 116 Å². The van der Waals surface area contributed by atoms with Crippen LogP contribution in [0.4, 0.5) is 0 Å². The molecule has 8 nitrogen and oxygen atoms in total. The first-order valence-electron chi connectivity index (χ1n) is 9.01. The van der Waals surface area contributed by atoms with Crippen LogP contribution in [0.25, 0.3) is 0 Å². The van der Waals surface area contributed by atoms with Crippen LogP contribution >= 0.6 is 0 Å². The minimum absolute atomic E-state index is 0.0346. The molecule has 0 saturated carbocycles. The molecule has 150 valence electrons. The second-order valence-electron chi connectivity index (χ2n) is 6.72. The molecule has 1 heterocycles. The van der Waals surface area contributed by atoms with Gasteiger partial charge in [0.25, 0.3) is 0 Å². The molecule has 3 rings (SSSR count). The molecular weight excluding hydrogens is 384 g/mol. The fourth-order valence-corrected chi connectivity index (χ4v) is 4.62. The lowest BCUT2D eigenvalue weighted by Crippen LogP contribution is -2.28. The Labute approximate surface area is 163 Å². The Hall–Kier alpha value is -2.52. The monoisotopic (exact) mass is 406 g/mol. The van der Waals surface area contributed by atoms with Gasteiger partial charge in [0.05, 0.1) is 6.42 Å². The van der Waals surface area contributed by atoms with Gasteiger partial charge in [-0.25, -0.2) is 13.1 Å². The van der Waals surface area contributed by atoms with E-state index >= 15 is 0 Å². The number of nitrogens with one attached hydrogen (secondary N) is 1. The molecule has 0 unspecified atom stereocenters. The lowest BCUT2D eigenvalue weighted by molar-refractivity contribution is -0.142. The maximum Gasteiger partial charge on any atom is 0.307 e. The Morgan fingerprint density at radius 2 is 1.96 bits per heavy atom. The number of nitrogens with zero attached hydrogens (tertiary/aromatic N) is 1. The van der Waals surface area contributed by atoms with Crippen molar-refractivity contribution in [3.05, 3.63) is 46.3 Å². The molecule has 2 aromatic rings. The number of hydrogen-bond donors (Lipinski definition) is 1. The summed E-state index contributed by atoms with van der Waals surface area (Å²) in [5.41, 5.74) is 3.20. The Morgan fingerprint density at radius 3 is 2.68 bits per heavy atom. The number of ketones is 1. The molecular formula is C19H22N2O6S. The largest absolute Gasteiger partial charge is 0.457 e. The van der Waals surface area contributed by atoms with Gasteiger partial charge in [-0.15, -0.1) is 0 Å². The highest BCUT2D eigenvalue weighted by Gasteiger charge is 2.24. The van der Waals surface area contributed by atoms with Crippen LogP contribution in [0.2, 0.25) is 0 Å². The van der Waals surface area contributed by atoms with Crippen molar-refractivity contribution in [2.24, 2.45) is 0 Å². The van der Waals surface area contributed by atoms with Crippen molar-refractivity contribution in [2.75, 3.05) is 13.2 Å². The number of carbonyl (C=O) groups excluding carboxylic acids is 2. The Bertz CT molecular complexity index is 990. The van der Waals surface area contributed by atoms with E-state index in [9.17, 15) is 18.0 Å². The molecule has 1 aromatic carbocycles. The number of fused-ring (bicyclic) bond motifs is 1. The van der Waals surface area contributed by atoms with Crippen molar-refractivity contribution in [2.45, 2.75) is 44.4 Å². The van der Waals surface area contributed by atoms with E-state index in [4.69, 9.17) is 9.26 Å². The zero-order valence-corrected chi connectivity index (χ0v) is 16.6. The van der Waals surface area contributed by atoms with Crippen LogP contribution < -0.4 is 4.72 Å². The highest BCUT2D eigenvalue weighted by molar-refractivity contribution is 7.89. The fraction of sp³-hybridized carbons (Fsp3) is 0.421. The first kappa shape index (κ1) is 20.2. The predicted molar refractivity (Wildman–Crippen MR) is 99.5 cm³/mol. The van der Waals surface area contributed by atoms with Crippen LogP contribution in [0.15, 0.2) is 27.6 Å². The van der Waals surface area contributed by atoms with Crippen LogP contribution in [0.5, 0.6) is 0 Å². The van der Waals surface area contributed by atoms with Gasteiger partial charge in [0.15, 0.2) is 18.2 Å². The summed E-state index contributed by atoms with van der Waals surface area (Å²) >= 11 is 0. The number of carbonyl (C=O) groups is 2. The summed E-state index contributed by atoms with van der Waals surface area (Å²) in [6.07, 6.45) is 2.88. The zero-order valence-electron chi connectivity index (χ0n) is 15.8. The number of aromatic nitrogens is 1. The third kappa shape index (κ3) is 4.48. The molecule has 0 spiro atoms. The standard InChI is InChI=1S/C19H22N2O6S/c1-12-19(13(2)27-21-12)28(24,25)20-9-8-18(23)26-11-17(22)16-7-6-14-4-3-5-15(14)10-16/h6-7,10,20H,3-5,8-9,11H2,1-2H3. The Morgan fingerprint density at radius 1 is 1.21 bits per heavy atom. The molecule has 0 bridgehead atoms. The molecule has 1 aliphatic carbocycles. The van der Waals surface area contributed by atoms with Crippen molar-refractivity contribution in [3.8, 4) is 0 Å². The summed E-state index contributed by atoms with van der Waals surface area (Å²) in [6, 6.07) is 5.55. The van der Waals surface area contributed by atoms with E-state index < -0.39 is 16.0 Å². The first-order valence-corrected chi connectivity index (χ1v) is 10.5. The van der Waals surface area contributed by atoms with Gasteiger partial charge < -0.3 is 9.26 Å². The van der Waals surface area contributed by atoms with E-state index in [1.165, 1.54) is 25.0 Å². The van der Waals surface area contributed by atoms with E-state index in [-0.39, 0.29) is 41.7 Å². The molecule has 0 fully saturated rings. The van der Waals surface area contributed by atoms with Gasteiger partial charge in [-0.05, 0) is 50.3 Å². The van der Waals surface area contributed by atoms with Crippen molar-refractivity contribution < 1.29 is 27.3 Å². The lowest BCUT2D eigenvalue weighted by Gasteiger charge is -2.07. The molecule has 1 aliphatic rings. The van der Waals surface area contributed by atoms with Crippen LogP contribution in [0.3, 0.4) is 0 Å². The maximum absolute atomic E-state index is 12.2. The van der Waals surface area contributed by atoms with Gasteiger partial charge in [-0.1, -0.05) is 17.3 Å². The fourth-order valence-electron chi connectivity index (χ4n) is 3.26. The molecule has 9 heteroatoms. The normalized spacial score (nSPS) is 13.4. The molecule has 0 saturated heterocycles. The van der Waals surface area contributed by atoms with Crippen molar-refractivity contribution in [1.29, 1.82) is 0 Å². The van der Waals surface area contributed by atoms with Crippen molar-refractivity contribution in [3.63, 3.8) is 0 Å². The van der Waals surface area contributed by atoms with Gasteiger partial charge in [-0.2, -0.15) is 0 Å².